The van der Waals surface area contributed by atoms with Crippen LogP contribution in [-0.4, -0.2) is 17.2 Å². The van der Waals surface area contributed by atoms with Crippen LogP contribution in [0.25, 0.3) is 0 Å². The Labute approximate surface area is 129 Å². The number of hydrogen-bond acceptors (Lipinski definition) is 4. The number of ether oxygens (including phenoxy) is 1. The third kappa shape index (κ3) is 4.72. The highest BCUT2D eigenvalue weighted by Gasteiger charge is 2.16. The van der Waals surface area contributed by atoms with Crippen molar-refractivity contribution in [2.24, 2.45) is 0 Å². The number of hydrogen-bond donors (Lipinski definition) is 1. The molecule has 0 heterocycles. The number of esters is 1. The number of carbonyl (C=O) groups is 1. The molecule has 2 aromatic rings. The lowest BCUT2D eigenvalue weighted by molar-refractivity contribution is -0.155. The van der Waals surface area contributed by atoms with E-state index in [1.165, 1.54) is 0 Å². The van der Waals surface area contributed by atoms with Gasteiger partial charge in [-0.2, -0.15) is 5.26 Å². The molecular weight excluding hydrogens is 278 g/mol. The highest BCUT2D eigenvalue weighted by Crippen LogP contribution is 2.09. The SMILES string of the molecule is N#Cc1ccc(CC[C@@H](O)C(=O)OCc2ccccc2)cc1. The van der Waals surface area contributed by atoms with E-state index in [1.807, 2.05) is 48.5 Å². The first-order valence-corrected chi connectivity index (χ1v) is 7.06. The predicted molar refractivity (Wildman–Crippen MR) is 81.7 cm³/mol. The zero-order chi connectivity index (χ0) is 15.8. The average molecular weight is 295 g/mol. The van der Waals surface area contributed by atoms with Gasteiger partial charge >= 0.3 is 5.97 Å². The molecule has 22 heavy (non-hydrogen) atoms. The minimum absolute atomic E-state index is 0.160. The maximum atomic E-state index is 11.7. The Balaban J connectivity index is 1.77. The summed E-state index contributed by atoms with van der Waals surface area (Å²) in [4.78, 5) is 11.7. The van der Waals surface area contributed by atoms with E-state index in [4.69, 9.17) is 10.00 Å². The number of nitriles is 1. The minimum atomic E-state index is -1.14. The first-order chi connectivity index (χ1) is 10.7. The van der Waals surface area contributed by atoms with Crippen molar-refractivity contribution in [3.63, 3.8) is 0 Å². The lowest BCUT2D eigenvalue weighted by atomic mass is 10.1. The monoisotopic (exact) mass is 295 g/mol. The molecule has 0 aliphatic rings. The van der Waals surface area contributed by atoms with E-state index < -0.39 is 12.1 Å². The highest BCUT2D eigenvalue weighted by atomic mass is 16.5. The molecule has 2 rings (SSSR count). The van der Waals surface area contributed by atoms with Gasteiger partial charge in [0.1, 0.15) is 6.61 Å². The summed E-state index contributed by atoms with van der Waals surface area (Å²) in [6.45, 7) is 0.160. The number of rotatable bonds is 6. The molecule has 0 aliphatic carbocycles. The molecular formula is C18H17NO3. The first-order valence-electron chi connectivity index (χ1n) is 7.06. The van der Waals surface area contributed by atoms with Gasteiger partial charge in [-0.05, 0) is 36.1 Å². The topological polar surface area (TPSA) is 70.3 Å². The van der Waals surface area contributed by atoms with Gasteiger partial charge in [0.25, 0.3) is 0 Å². The van der Waals surface area contributed by atoms with E-state index in [1.54, 1.807) is 12.1 Å². The molecule has 0 aliphatic heterocycles. The molecule has 0 fully saturated rings. The summed E-state index contributed by atoms with van der Waals surface area (Å²) in [6, 6.07) is 18.5. The van der Waals surface area contributed by atoms with Gasteiger partial charge < -0.3 is 9.84 Å². The zero-order valence-corrected chi connectivity index (χ0v) is 12.1. The minimum Gasteiger partial charge on any atom is -0.459 e. The van der Waals surface area contributed by atoms with Crippen molar-refractivity contribution >= 4 is 5.97 Å². The van der Waals surface area contributed by atoms with Crippen LogP contribution in [0.1, 0.15) is 23.1 Å². The maximum Gasteiger partial charge on any atom is 0.335 e. The Morgan fingerprint density at radius 1 is 1.09 bits per heavy atom. The third-order valence-electron chi connectivity index (χ3n) is 3.29. The van der Waals surface area contributed by atoms with E-state index >= 15 is 0 Å². The van der Waals surface area contributed by atoms with Crippen LogP contribution < -0.4 is 0 Å². The second-order valence-corrected chi connectivity index (χ2v) is 4.96. The van der Waals surface area contributed by atoms with Crippen molar-refractivity contribution in [1.29, 1.82) is 5.26 Å². The molecule has 0 bridgehead atoms. The predicted octanol–water partition coefficient (Wildman–Crippen LogP) is 2.60. The van der Waals surface area contributed by atoms with Crippen LogP contribution >= 0.6 is 0 Å². The first kappa shape index (κ1) is 15.7. The van der Waals surface area contributed by atoms with E-state index in [0.29, 0.717) is 18.4 Å². The maximum absolute atomic E-state index is 11.7. The highest BCUT2D eigenvalue weighted by molar-refractivity contribution is 5.74. The second kappa shape index (κ2) is 7.96. The number of carbonyl (C=O) groups excluding carboxylic acids is 1. The van der Waals surface area contributed by atoms with Crippen molar-refractivity contribution in [2.45, 2.75) is 25.6 Å². The molecule has 0 spiro atoms. The van der Waals surface area contributed by atoms with E-state index in [-0.39, 0.29) is 6.61 Å². The summed E-state index contributed by atoms with van der Waals surface area (Å²) in [5.74, 6) is -0.613. The third-order valence-corrected chi connectivity index (χ3v) is 3.29. The van der Waals surface area contributed by atoms with Crippen LogP contribution in [0.3, 0.4) is 0 Å². The van der Waals surface area contributed by atoms with Gasteiger partial charge in [-0.15, -0.1) is 0 Å². The number of aliphatic hydroxyl groups is 1. The number of nitrogens with zero attached hydrogens (tertiary/aromatic N) is 1. The lowest BCUT2D eigenvalue weighted by Crippen LogP contribution is -2.23. The molecule has 0 unspecified atom stereocenters. The van der Waals surface area contributed by atoms with Gasteiger partial charge in [0.15, 0.2) is 6.10 Å². The van der Waals surface area contributed by atoms with Crippen molar-refractivity contribution < 1.29 is 14.6 Å². The molecule has 1 N–H and O–H groups in total. The fourth-order valence-electron chi connectivity index (χ4n) is 1.99. The lowest BCUT2D eigenvalue weighted by Gasteiger charge is -2.11. The summed E-state index contributed by atoms with van der Waals surface area (Å²) in [6.07, 6.45) is -0.299. The molecule has 1 atom stereocenters. The summed E-state index contributed by atoms with van der Waals surface area (Å²) >= 11 is 0. The van der Waals surface area contributed by atoms with E-state index in [9.17, 15) is 9.90 Å². The van der Waals surface area contributed by atoms with Gasteiger partial charge in [0.05, 0.1) is 11.6 Å². The van der Waals surface area contributed by atoms with Crippen LogP contribution in [0.4, 0.5) is 0 Å². The fraction of sp³-hybridized carbons (Fsp3) is 0.222. The van der Waals surface area contributed by atoms with Crippen LogP contribution in [-0.2, 0) is 22.6 Å². The summed E-state index contributed by atoms with van der Waals surface area (Å²) < 4.78 is 5.08. The van der Waals surface area contributed by atoms with Crippen LogP contribution in [0.2, 0.25) is 0 Å². The second-order valence-electron chi connectivity index (χ2n) is 4.96. The van der Waals surface area contributed by atoms with Crippen molar-refractivity contribution in [3.8, 4) is 6.07 Å². The van der Waals surface area contributed by atoms with Crippen molar-refractivity contribution in [1.82, 2.24) is 0 Å². The van der Waals surface area contributed by atoms with Crippen LogP contribution in [0.15, 0.2) is 54.6 Å². The van der Waals surface area contributed by atoms with Gasteiger partial charge in [0, 0.05) is 0 Å². The molecule has 0 saturated carbocycles. The van der Waals surface area contributed by atoms with Gasteiger partial charge in [-0.25, -0.2) is 4.79 Å². The van der Waals surface area contributed by atoms with Crippen LogP contribution in [0.5, 0.6) is 0 Å². The Bertz CT molecular complexity index is 644. The number of benzene rings is 2. The molecule has 0 amide bonds. The molecule has 112 valence electrons. The molecule has 0 saturated heterocycles. The Hall–Kier alpha value is -2.64. The fourth-order valence-corrected chi connectivity index (χ4v) is 1.99. The zero-order valence-electron chi connectivity index (χ0n) is 12.1. The Morgan fingerprint density at radius 2 is 1.77 bits per heavy atom. The molecule has 4 heteroatoms. The molecule has 0 radical (unpaired) electrons. The van der Waals surface area contributed by atoms with Crippen LogP contribution in [0, 0.1) is 11.3 Å². The summed E-state index contributed by atoms with van der Waals surface area (Å²) in [5.41, 5.74) is 2.44. The largest absolute Gasteiger partial charge is 0.459 e. The number of aliphatic hydroxyl groups excluding tert-OH is 1. The summed E-state index contributed by atoms with van der Waals surface area (Å²) in [5, 5.41) is 18.6. The molecule has 0 aromatic heterocycles. The summed E-state index contributed by atoms with van der Waals surface area (Å²) in [7, 11) is 0. The number of aryl methyl sites for hydroxylation is 1. The van der Waals surface area contributed by atoms with E-state index in [2.05, 4.69) is 0 Å². The van der Waals surface area contributed by atoms with Crippen molar-refractivity contribution in [3.05, 3.63) is 71.3 Å². The van der Waals surface area contributed by atoms with Gasteiger partial charge in [0.2, 0.25) is 0 Å². The van der Waals surface area contributed by atoms with E-state index in [0.717, 1.165) is 11.1 Å². The van der Waals surface area contributed by atoms with Crippen molar-refractivity contribution in [2.75, 3.05) is 0 Å². The quantitative estimate of drug-likeness (QED) is 0.832. The molecule has 4 nitrogen and oxygen atoms in total. The standard InChI is InChI=1S/C18H17NO3/c19-12-15-8-6-14(7-9-15)10-11-17(20)18(21)22-13-16-4-2-1-3-5-16/h1-9,17,20H,10-11,13H2/t17-/m1/s1. The van der Waals surface area contributed by atoms with Gasteiger partial charge in [-0.3, -0.25) is 0 Å². The smallest absolute Gasteiger partial charge is 0.335 e. The molecule has 2 aromatic carbocycles. The van der Waals surface area contributed by atoms with Gasteiger partial charge in [-0.1, -0.05) is 42.5 Å². The Kier molecular flexibility index (Phi) is 5.70. The normalized spacial score (nSPS) is 11.5. The average Bonchev–Trinajstić information content (AvgIpc) is 2.58. The Morgan fingerprint density at radius 3 is 2.41 bits per heavy atom.